The minimum atomic E-state index is -5.97. The first-order valence-corrected chi connectivity index (χ1v) is 11.0. The molecule has 1 amide bonds. The number of hydrogen-bond donors (Lipinski definition) is 0. The third-order valence-corrected chi connectivity index (χ3v) is 6.78. The molecule has 1 aromatic carbocycles. The molecule has 9 nitrogen and oxygen atoms in total. The highest BCUT2D eigenvalue weighted by Gasteiger charge is 2.49. The molecule has 180 valence electrons. The average Bonchev–Trinajstić information content (AvgIpc) is 3.25. The van der Waals surface area contributed by atoms with Crippen molar-refractivity contribution >= 4 is 21.5 Å². The van der Waals surface area contributed by atoms with E-state index in [-0.39, 0.29) is 28.8 Å². The van der Waals surface area contributed by atoms with Crippen LogP contribution < -0.4 is 8.92 Å². The molecule has 34 heavy (non-hydrogen) atoms. The Hall–Kier alpha value is -3.49. The zero-order valence-corrected chi connectivity index (χ0v) is 17.8. The Morgan fingerprint density at radius 1 is 1.21 bits per heavy atom. The summed E-state index contributed by atoms with van der Waals surface area (Å²) in [7, 11) is -4.46. The number of nitrogens with zero attached hydrogens (tertiary/aromatic N) is 4. The molecule has 0 unspecified atom stereocenters. The van der Waals surface area contributed by atoms with Gasteiger partial charge in [-0.05, 0) is 18.6 Å². The first-order valence-electron chi connectivity index (χ1n) is 9.63. The SMILES string of the molecule is CN1C(=O)c2cccc(OC(F)F)c2[C@H]2C[C@@H]1c1nn3cnc(OS(=O)(=O)C(F)(F)F)cc3c12. The minimum Gasteiger partial charge on any atom is -0.434 e. The van der Waals surface area contributed by atoms with Crippen molar-refractivity contribution in [3.63, 3.8) is 0 Å². The summed E-state index contributed by atoms with van der Waals surface area (Å²) in [5.41, 5.74) is -4.43. The molecule has 1 aliphatic heterocycles. The molecule has 0 radical (unpaired) electrons. The maximum atomic E-state index is 13.1. The maximum absolute atomic E-state index is 13.1. The molecule has 2 aromatic heterocycles. The predicted molar refractivity (Wildman–Crippen MR) is 103 cm³/mol. The summed E-state index contributed by atoms with van der Waals surface area (Å²) >= 11 is 0. The summed E-state index contributed by atoms with van der Waals surface area (Å²) in [6, 6.07) is 4.53. The second-order valence-corrected chi connectivity index (χ2v) is 9.19. The summed E-state index contributed by atoms with van der Waals surface area (Å²) in [4.78, 5) is 18.0. The Kier molecular flexibility index (Phi) is 4.76. The Labute approximate surface area is 187 Å². The number of aromatic nitrogens is 3. The summed E-state index contributed by atoms with van der Waals surface area (Å²) < 4.78 is 97.2. The summed E-state index contributed by atoms with van der Waals surface area (Å²) in [6.45, 7) is -3.17. The van der Waals surface area contributed by atoms with Gasteiger partial charge in [-0.15, -0.1) is 0 Å². The fraction of sp³-hybridized carbons (Fsp3) is 0.316. The average molecular weight is 504 g/mol. The highest BCUT2D eigenvalue weighted by molar-refractivity contribution is 7.87. The molecule has 0 spiro atoms. The molecule has 0 saturated carbocycles. The van der Waals surface area contributed by atoms with Crippen LogP contribution in [0.3, 0.4) is 0 Å². The van der Waals surface area contributed by atoms with Crippen LogP contribution >= 0.6 is 0 Å². The lowest BCUT2D eigenvalue weighted by atomic mass is 9.89. The summed E-state index contributed by atoms with van der Waals surface area (Å²) in [5, 5.41) is 4.36. The van der Waals surface area contributed by atoms with Gasteiger partial charge >= 0.3 is 22.2 Å². The zero-order valence-electron chi connectivity index (χ0n) is 17.0. The number of rotatable bonds is 4. The molecule has 3 aromatic rings. The van der Waals surface area contributed by atoms with Crippen LogP contribution in [0.4, 0.5) is 22.0 Å². The first kappa shape index (κ1) is 22.3. The predicted octanol–water partition coefficient (Wildman–Crippen LogP) is 3.22. The second kappa shape index (κ2) is 7.25. The monoisotopic (exact) mass is 504 g/mol. The molecule has 0 saturated heterocycles. The number of amides is 1. The number of carbonyl (C=O) groups excluding carboxylic acids is 1. The quantitative estimate of drug-likeness (QED) is 0.305. The first-order chi connectivity index (χ1) is 15.9. The Bertz CT molecular complexity index is 1440. The third-order valence-electron chi connectivity index (χ3n) is 5.82. The van der Waals surface area contributed by atoms with E-state index in [4.69, 9.17) is 0 Å². The highest BCUT2D eigenvalue weighted by atomic mass is 32.2. The Balaban J connectivity index is 1.70. The highest BCUT2D eigenvalue weighted by Crippen LogP contribution is 2.53. The normalized spacial score (nSPS) is 19.9. The zero-order chi connectivity index (χ0) is 24.6. The van der Waals surface area contributed by atoms with E-state index in [9.17, 15) is 35.2 Å². The molecular weight excluding hydrogens is 491 g/mol. The number of halogens is 5. The number of alkyl halides is 5. The number of carbonyl (C=O) groups is 1. The van der Waals surface area contributed by atoms with Gasteiger partial charge in [-0.25, -0.2) is 9.50 Å². The molecule has 15 heteroatoms. The number of benzene rings is 1. The van der Waals surface area contributed by atoms with Crippen molar-refractivity contribution in [3.8, 4) is 11.6 Å². The van der Waals surface area contributed by atoms with Crippen molar-refractivity contribution in [2.75, 3.05) is 7.05 Å². The third kappa shape index (κ3) is 3.25. The van der Waals surface area contributed by atoms with Gasteiger partial charge in [0.15, 0.2) is 0 Å². The van der Waals surface area contributed by atoms with E-state index >= 15 is 0 Å². The van der Waals surface area contributed by atoms with E-state index in [2.05, 4.69) is 19.0 Å². The van der Waals surface area contributed by atoms with Crippen molar-refractivity contribution in [2.45, 2.75) is 30.5 Å². The van der Waals surface area contributed by atoms with E-state index in [0.717, 1.165) is 12.4 Å². The van der Waals surface area contributed by atoms with Gasteiger partial charge in [0.2, 0.25) is 5.88 Å². The number of hydrogen-bond acceptors (Lipinski definition) is 7. The van der Waals surface area contributed by atoms with Crippen LogP contribution in [0, 0.1) is 0 Å². The van der Waals surface area contributed by atoms with Gasteiger partial charge in [0.25, 0.3) is 5.91 Å². The summed E-state index contributed by atoms with van der Waals surface area (Å²) in [5.74, 6) is -2.22. The van der Waals surface area contributed by atoms with Crippen molar-refractivity contribution in [3.05, 3.63) is 53.0 Å². The molecule has 5 rings (SSSR count). The van der Waals surface area contributed by atoms with Crippen LogP contribution in [0.15, 0.2) is 30.6 Å². The van der Waals surface area contributed by atoms with Crippen LogP contribution in [-0.4, -0.2) is 53.0 Å². The number of fused-ring (bicyclic) bond motifs is 9. The van der Waals surface area contributed by atoms with Crippen molar-refractivity contribution in [2.24, 2.45) is 0 Å². The molecule has 3 heterocycles. The van der Waals surface area contributed by atoms with E-state index in [1.165, 1.54) is 34.7 Å². The van der Waals surface area contributed by atoms with Crippen molar-refractivity contribution in [1.29, 1.82) is 0 Å². The van der Waals surface area contributed by atoms with Gasteiger partial charge in [-0.2, -0.15) is 35.5 Å². The van der Waals surface area contributed by atoms with Gasteiger partial charge in [-0.3, -0.25) is 4.79 Å². The van der Waals surface area contributed by atoms with Gasteiger partial charge < -0.3 is 13.8 Å². The summed E-state index contributed by atoms with van der Waals surface area (Å²) in [6.07, 6.45) is 1.21. The van der Waals surface area contributed by atoms with E-state index in [0.29, 0.717) is 11.3 Å². The molecule has 0 fully saturated rings. The lowest BCUT2D eigenvalue weighted by Gasteiger charge is -2.23. The molecule has 2 bridgehead atoms. The van der Waals surface area contributed by atoms with Crippen LogP contribution in [0.25, 0.3) is 5.52 Å². The van der Waals surface area contributed by atoms with Gasteiger partial charge in [0, 0.05) is 35.7 Å². The standard InChI is InChI=1S/C19H13F5N4O5S/c1-27-11-5-9(14-8(17(27)29)3-2-4-12(14)32-18(20)21)15-10-6-13(25-7-28(10)26-16(11)15)33-34(30,31)19(22,23)24/h2-4,6-7,9,11,18H,5H2,1H3/t9-,11-/m1/s1. The fourth-order valence-electron chi connectivity index (χ4n) is 4.46. The topological polar surface area (TPSA) is 103 Å². The minimum absolute atomic E-state index is 0.128. The van der Waals surface area contributed by atoms with Crippen molar-refractivity contribution < 1.29 is 44.1 Å². The van der Waals surface area contributed by atoms with Crippen LogP contribution in [-0.2, 0) is 10.1 Å². The molecule has 0 N–H and O–H groups in total. The van der Waals surface area contributed by atoms with Crippen molar-refractivity contribution in [1.82, 2.24) is 19.5 Å². The van der Waals surface area contributed by atoms with Crippen LogP contribution in [0.2, 0.25) is 0 Å². The Morgan fingerprint density at radius 3 is 2.62 bits per heavy atom. The lowest BCUT2D eigenvalue weighted by Crippen LogP contribution is -2.30. The van der Waals surface area contributed by atoms with Gasteiger partial charge in [0.05, 0.1) is 17.3 Å². The lowest BCUT2D eigenvalue weighted by molar-refractivity contribution is -0.0509. The van der Waals surface area contributed by atoms with E-state index in [1.54, 1.807) is 0 Å². The molecule has 1 aliphatic carbocycles. The van der Waals surface area contributed by atoms with Gasteiger partial charge in [-0.1, -0.05) is 6.07 Å². The van der Waals surface area contributed by atoms with Crippen LogP contribution in [0.1, 0.15) is 45.6 Å². The fourth-order valence-corrected chi connectivity index (χ4v) is 4.87. The number of ether oxygens (including phenoxy) is 1. The van der Waals surface area contributed by atoms with Crippen LogP contribution in [0.5, 0.6) is 11.6 Å². The second-order valence-electron chi connectivity index (χ2n) is 7.66. The molecular formula is C19H13F5N4O5S. The van der Waals surface area contributed by atoms with E-state index in [1.807, 2.05) is 0 Å². The molecule has 2 aliphatic rings. The van der Waals surface area contributed by atoms with E-state index < -0.39 is 46.0 Å². The maximum Gasteiger partial charge on any atom is 0.534 e. The van der Waals surface area contributed by atoms with Gasteiger partial charge in [0.1, 0.15) is 12.1 Å². The largest absolute Gasteiger partial charge is 0.534 e. The molecule has 2 atom stereocenters. The Morgan fingerprint density at radius 2 is 1.94 bits per heavy atom. The smallest absolute Gasteiger partial charge is 0.434 e.